The molecular formula is C19H17OP. The minimum atomic E-state index is -0.729. The molecule has 0 bridgehead atoms. The average Bonchev–Trinajstić information content (AvgIpc) is 2.52. The second-order valence-electron chi connectivity index (χ2n) is 5.00. The molecule has 0 unspecified atom stereocenters. The van der Waals surface area contributed by atoms with E-state index >= 15 is 0 Å². The van der Waals surface area contributed by atoms with Gasteiger partial charge in [-0.15, -0.1) is 0 Å². The van der Waals surface area contributed by atoms with E-state index in [2.05, 4.69) is 60.7 Å². The molecule has 3 aromatic rings. The molecular weight excluding hydrogens is 275 g/mol. The van der Waals surface area contributed by atoms with Gasteiger partial charge >= 0.3 is 0 Å². The molecule has 0 radical (unpaired) electrons. The Morgan fingerprint density at radius 2 is 1.24 bits per heavy atom. The third-order valence-corrected chi connectivity index (χ3v) is 5.89. The topological polar surface area (TPSA) is 20.2 Å². The van der Waals surface area contributed by atoms with E-state index in [-0.39, 0.29) is 0 Å². The van der Waals surface area contributed by atoms with Crippen molar-refractivity contribution in [2.45, 2.75) is 6.92 Å². The molecule has 0 aliphatic rings. The molecule has 0 fully saturated rings. The highest BCUT2D eigenvalue weighted by Crippen LogP contribution is 2.36. The highest BCUT2D eigenvalue weighted by atomic mass is 31.1. The van der Waals surface area contributed by atoms with Crippen molar-refractivity contribution in [1.82, 2.24) is 0 Å². The summed E-state index contributed by atoms with van der Waals surface area (Å²) in [7, 11) is -0.729. The standard InChI is InChI=1S/C19H17OP/c1-15-12-13-19(18(20)14-15)21(16-8-4-2-5-9-16)17-10-6-3-7-11-17/h2-14,20H,1H3. The Bertz CT molecular complexity index is 684. The minimum absolute atomic E-state index is 0.383. The van der Waals surface area contributed by atoms with E-state index in [0.29, 0.717) is 5.75 Å². The first-order valence-electron chi connectivity index (χ1n) is 6.95. The lowest BCUT2D eigenvalue weighted by Gasteiger charge is -2.20. The molecule has 104 valence electrons. The predicted molar refractivity (Wildman–Crippen MR) is 91.5 cm³/mol. The lowest BCUT2D eigenvalue weighted by molar-refractivity contribution is 0.479. The summed E-state index contributed by atoms with van der Waals surface area (Å²) >= 11 is 0. The molecule has 0 saturated carbocycles. The summed E-state index contributed by atoms with van der Waals surface area (Å²) < 4.78 is 0. The maximum absolute atomic E-state index is 10.4. The molecule has 0 saturated heterocycles. The smallest absolute Gasteiger partial charge is 0.124 e. The molecule has 0 aromatic heterocycles. The van der Waals surface area contributed by atoms with E-state index in [1.807, 2.05) is 25.1 Å². The summed E-state index contributed by atoms with van der Waals surface area (Å²) in [6.45, 7) is 2.00. The SMILES string of the molecule is Cc1ccc(P(c2ccccc2)c2ccccc2)c(O)c1. The molecule has 0 atom stereocenters. The van der Waals surface area contributed by atoms with Crippen molar-refractivity contribution in [3.63, 3.8) is 0 Å². The number of phenolic OH excluding ortho intramolecular Hbond substituents is 1. The van der Waals surface area contributed by atoms with Crippen molar-refractivity contribution in [2.75, 3.05) is 0 Å². The van der Waals surface area contributed by atoms with Gasteiger partial charge in [0, 0.05) is 5.30 Å². The van der Waals surface area contributed by atoms with Gasteiger partial charge in [0.2, 0.25) is 0 Å². The van der Waals surface area contributed by atoms with Gasteiger partial charge in [0.15, 0.2) is 0 Å². The van der Waals surface area contributed by atoms with Crippen molar-refractivity contribution in [3.05, 3.63) is 84.4 Å². The predicted octanol–water partition coefficient (Wildman–Crippen LogP) is 3.46. The molecule has 0 aliphatic carbocycles. The van der Waals surface area contributed by atoms with Crippen LogP contribution in [0.5, 0.6) is 5.75 Å². The number of hydrogen-bond donors (Lipinski definition) is 1. The summed E-state index contributed by atoms with van der Waals surface area (Å²) in [4.78, 5) is 0. The van der Waals surface area contributed by atoms with Gasteiger partial charge in [-0.3, -0.25) is 0 Å². The van der Waals surface area contributed by atoms with Crippen LogP contribution in [-0.2, 0) is 0 Å². The molecule has 0 heterocycles. The fourth-order valence-corrected chi connectivity index (χ4v) is 4.72. The van der Waals surface area contributed by atoms with Gasteiger partial charge in [0.05, 0.1) is 0 Å². The van der Waals surface area contributed by atoms with Crippen LogP contribution in [0.25, 0.3) is 0 Å². The van der Waals surface area contributed by atoms with Crippen molar-refractivity contribution in [3.8, 4) is 5.75 Å². The number of benzene rings is 3. The zero-order chi connectivity index (χ0) is 14.7. The summed E-state index contributed by atoms with van der Waals surface area (Å²) in [6, 6.07) is 26.8. The van der Waals surface area contributed by atoms with Crippen LogP contribution in [0.2, 0.25) is 0 Å². The zero-order valence-corrected chi connectivity index (χ0v) is 12.8. The molecule has 1 N–H and O–H groups in total. The van der Waals surface area contributed by atoms with E-state index in [1.165, 1.54) is 10.6 Å². The first-order valence-corrected chi connectivity index (χ1v) is 8.30. The molecule has 1 nitrogen and oxygen atoms in total. The van der Waals surface area contributed by atoms with Crippen molar-refractivity contribution < 1.29 is 5.11 Å². The van der Waals surface area contributed by atoms with Crippen LogP contribution >= 0.6 is 7.92 Å². The van der Waals surface area contributed by atoms with Crippen LogP contribution in [0.15, 0.2) is 78.9 Å². The zero-order valence-electron chi connectivity index (χ0n) is 11.9. The van der Waals surface area contributed by atoms with Gasteiger partial charge in [0.25, 0.3) is 0 Å². The van der Waals surface area contributed by atoms with Gasteiger partial charge in [-0.1, -0.05) is 66.7 Å². The summed E-state index contributed by atoms with van der Waals surface area (Å²) in [5.74, 6) is 0.383. The Labute approximate surface area is 126 Å². The van der Waals surface area contributed by atoms with Crippen molar-refractivity contribution in [1.29, 1.82) is 0 Å². The van der Waals surface area contributed by atoms with Crippen molar-refractivity contribution >= 4 is 23.8 Å². The quantitative estimate of drug-likeness (QED) is 0.733. The largest absolute Gasteiger partial charge is 0.507 e. The Morgan fingerprint density at radius 1 is 0.714 bits per heavy atom. The Kier molecular flexibility index (Phi) is 4.03. The van der Waals surface area contributed by atoms with E-state index in [1.54, 1.807) is 0 Å². The van der Waals surface area contributed by atoms with Gasteiger partial charge in [-0.25, -0.2) is 0 Å². The molecule has 0 aliphatic heterocycles. The molecule has 2 heteroatoms. The molecule has 21 heavy (non-hydrogen) atoms. The normalized spacial score (nSPS) is 10.8. The molecule has 3 rings (SSSR count). The Hall–Kier alpha value is -2.11. The summed E-state index contributed by atoms with van der Waals surface area (Å²) in [5.41, 5.74) is 1.08. The second kappa shape index (κ2) is 6.11. The van der Waals surface area contributed by atoms with E-state index in [9.17, 15) is 5.11 Å². The fraction of sp³-hybridized carbons (Fsp3) is 0.0526. The summed E-state index contributed by atoms with van der Waals surface area (Å²) in [6.07, 6.45) is 0. The maximum atomic E-state index is 10.4. The number of aryl methyl sites for hydroxylation is 1. The van der Waals surface area contributed by atoms with Gasteiger partial charge < -0.3 is 5.11 Å². The molecule has 3 aromatic carbocycles. The van der Waals surface area contributed by atoms with E-state index < -0.39 is 7.92 Å². The first kappa shape index (κ1) is 13.9. The fourth-order valence-electron chi connectivity index (χ4n) is 2.40. The Morgan fingerprint density at radius 3 is 1.71 bits per heavy atom. The molecule has 0 amide bonds. The third kappa shape index (κ3) is 2.99. The minimum Gasteiger partial charge on any atom is -0.507 e. The van der Waals surface area contributed by atoms with Crippen LogP contribution in [0.1, 0.15) is 5.56 Å². The average molecular weight is 292 g/mol. The highest BCUT2D eigenvalue weighted by molar-refractivity contribution is 7.80. The molecule has 0 spiro atoms. The van der Waals surface area contributed by atoms with Crippen LogP contribution in [0.3, 0.4) is 0 Å². The number of phenols is 1. The number of hydrogen-bond acceptors (Lipinski definition) is 1. The first-order chi connectivity index (χ1) is 10.3. The van der Waals surface area contributed by atoms with Gasteiger partial charge in [-0.2, -0.15) is 0 Å². The van der Waals surface area contributed by atoms with Crippen molar-refractivity contribution in [2.24, 2.45) is 0 Å². The van der Waals surface area contributed by atoms with Crippen LogP contribution < -0.4 is 15.9 Å². The number of rotatable bonds is 3. The highest BCUT2D eigenvalue weighted by Gasteiger charge is 2.19. The number of aromatic hydroxyl groups is 1. The summed E-state index contributed by atoms with van der Waals surface area (Å²) in [5, 5.41) is 13.9. The van der Waals surface area contributed by atoms with Crippen LogP contribution in [-0.4, -0.2) is 5.11 Å². The second-order valence-corrected chi connectivity index (χ2v) is 7.18. The monoisotopic (exact) mass is 292 g/mol. The third-order valence-electron chi connectivity index (χ3n) is 3.40. The lowest BCUT2D eigenvalue weighted by atomic mass is 10.2. The van der Waals surface area contributed by atoms with Gasteiger partial charge in [-0.05, 0) is 43.2 Å². The Balaban J connectivity index is 2.17. The van der Waals surface area contributed by atoms with Crippen LogP contribution in [0, 0.1) is 6.92 Å². The maximum Gasteiger partial charge on any atom is 0.124 e. The van der Waals surface area contributed by atoms with Gasteiger partial charge in [0.1, 0.15) is 5.75 Å². The van der Waals surface area contributed by atoms with E-state index in [0.717, 1.165) is 10.9 Å². The van der Waals surface area contributed by atoms with E-state index in [4.69, 9.17) is 0 Å². The van der Waals surface area contributed by atoms with Crippen LogP contribution in [0.4, 0.5) is 0 Å². The lowest BCUT2D eigenvalue weighted by Crippen LogP contribution is -2.20.